The summed E-state index contributed by atoms with van der Waals surface area (Å²) in [7, 11) is -1.81. The average Bonchev–Trinajstić information content (AvgIpc) is 2.63. The summed E-state index contributed by atoms with van der Waals surface area (Å²) in [5, 5.41) is 8.68. The van der Waals surface area contributed by atoms with Gasteiger partial charge in [-0.15, -0.1) is 0 Å². The van der Waals surface area contributed by atoms with E-state index >= 15 is 0 Å². The molecule has 0 saturated heterocycles. The SMILES string of the molecule is Cc1c2ccccc2c([Si](C)(C)c2ccccc2)c2ccccc12. The van der Waals surface area contributed by atoms with Crippen LogP contribution in [-0.4, -0.2) is 8.07 Å². The van der Waals surface area contributed by atoms with Crippen molar-refractivity contribution in [3.05, 3.63) is 84.4 Å². The molecule has 0 saturated carbocycles. The fourth-order valence-corrected chi connectivity index (χ4v) is 7.12. The maximum absolute atomic E-state index is 2.48. The van der Waals surface area contributed by atoms with Gasteiger partial charge in [0.2, 0.25) is 0 Å². The Hall–Kier alpha value is -2.38. The van der Waals surface area contributed by atoms with E-state index in [0.29, 0.717) is 0 Å². The normalized spacial score (nSPS) is 12.0. The van der Waals surface area contributed by atoms with E-state index < -0.39 is 8.07 Å². The van der Waals surface area contributed by atoms with Gasteiger partial charge in [-0.2, -0.15) is 0 Å². The third-order valence-corrected chi connectivity index (χ3v) is 8.89. The molecule has 0 unspecified atom stereocenters. The molecule has 0 aliphatic heterocycles. The Labute approximate surface area is 144 Å². The van der Waals surface area contributed by atoms with Crippen molar-refractivity contribution < 1.29 is 0 Å². The fourth-order valence-electron chi connectivity index (χ4n) is 4.02. The van der Waals surface area contributed by atoms with Gasteiger partial charge in [0, 0.05) is 0 Å². The predicted molar refractivity (Wildman–Crippen MR) is 109 cm³/mol. The lowest BCUT2D eigenvalue weighted by atomic mass is 9.98. The highest BCUT2D eigenvalue weighted by molar-refractivity contribution is 7.03. The molecule has 0 spiro atoms. The highest BCUT2D eigenvalue weighted by Gasteiger charge is 2.30. The summed E-state index contributed by atoms with van der Waals surface area (Å²) in [6.07, 6.45) is 0. The topological polar surface area (TPSA) is 0 Å². The summed E-state index contributed by atoms with van der Waals surface area (Å²) in [6.45, 7) is 7.21. The Morgan fingerprint density at radius 2 is 0.958 bits per heavy atom. The zero-order valence-corrected chi connectivity index (χ0v) is 15.5. The second-order valence-corrected chi connectivity index (χ2v) is 11.4. The smallest absolute Gasteiger partial charge is 0.0626 e. The van der Waals surface area contributed by atoms with Crippen LogP contribution in [0.3, 0.4) is 0 Å². The first-order valence-corrected chi connectivity index (χ1v) is 11.6. The van der Waals surface area contributed by atoms with Gasteiger partial charge < -0.3 is 0 Å². The lowest BCUT2D eigenvalue weighted by Crippen LogP contribution is -2.53. The maximum atomic E-state index is 2.48. The molecule has 0 fully saturated rings. The molecule has 0 N–H and O–H groups in total. The standard InChI is InChI=1S/C23H22Si/c1-17-19-13-7-9-15-21(19)23(22-16-10-8-14-20(17)22)24(2,3)18-11-5-4-6-12-18/h4-16H,1-3H3. The number of hydrogen-bond donors (Lipinski definition) is 0. The van der Waals surface area contributed by atoms with Gasteiger partial charge in [-0.05, 0) is 39.2 Å². The number of benzene rings is 4. The van der Waals surface area contributed by atoms with E-state index in [-0.39, 0.29) is 0 Å². The van der Waals surface area contributed by atoms with Crippen molar-refractivity contribution in [3.63, 3.8) is 0 Å². The molecule has 1 heteroatoms. The van der Waals surface area contributed by atoms with Gasteiger partial charge >= 0.3 is 0 Å². The van der Waals surface area contributed by atoms with E-state index in [0.717, 1.165) is 0 Å². The molecule has 0 nitrogen and oxygen atoms in total. The third kappa shape index (κ3) is 2.20. The summed E-state index contributed by atoms with van der Waals surface area (Å²) in [5.41, 5.74) is 1.39. The van der Waals surface area contributed by atoms with E-state index in [4.69, 9.17) is 0 Å². The van der Waals surface area contributed by atoms with Gasteiger partial charge in [0.15, 0.2) is 0 Å². The lowest BCUT2D eigenvalue weighted by Gasteiger charge is -2.28. The Bertz CT molecular complexity index is 973. The molecule has 118 valence electrons. The summed E-state index contributed by atoms with van der Waals surface area (Å²) < 4.78 is 0. The van der Waals surface area contributed by atoms with Crippen molar-refractivity contribution in [3.8, 4) is 0 Å². The van der Waals surface area contributed by atoms with Crippen molar-refractivity contribution in [2.24, 2.45) is 0 Å². The van der Waals surface area contributed by atoms with Gasteiger partial charge in [0.1, 0.15) is 8.07 Å². The minimum Gasteiger partial charge on any atom is -0.0626 e. The number of aryl methyl sites for hydroxylation is 1. The van der Waals surface area contributed by atoms with Crippen LogP contribution in [0.2, 0.25) is 13.1 Å². The first-order valence-electron chi connectivity index (χ1n) is 8.57. The second kappa shape index (κ2) is 5.61. The van der Waals surface area contributed by atoms with Crippen molar-refractivity contribution in [1.29, 1.82) is 0 Å². The highest BCUT2D eigenvalue weighted by Crippen LogP contribution is 2.28. The van der Waals surface area contributed by atoms with Gasteiger partial charge in [0.05, 0.1) is 0 Å². The first kappa shape index (κ1) is 15.2. The molecule has 4 aromatic rings. The predicted octanol–water partition coefficient (Wildman–Crippen LogP) is 5.12. The van der Waals surface area contributed by atoms with Gasteiger partial charge in [-0.1, -0.05) is 97.1 Å². The van der Waals surface area contributed by atoms with E-state index in [1.165, 1.54) is 32.3 Å². The molecule has 4 aromatic carbocycles. The molecule has 0 amide bonds. The minimum atomic E-state index is -1.81. The largest absolute Gasteiger partial charge is 0.113 e. The maximum Gasteiger partial charge on any atom is 0.113 e. The van der Waals surface area contributed by atoms with E-state index in [9.17, 15) is 0 Å². The fraction of sp³-hybridized carbons (Fsp3) is 0.130. The molecule has 0 bridgehead atoms. The van der Waals surface area contributed by atoms with Crippen LogP contribution in [-0.2, 0) is 0 Å². The van der Waals surface area contributed by atoms with Crippen LogP contribution >= 0.6 is 0 Å². The average molecular weight is 327 g/mol. The number of fused-ring (bicyclic) bond motifs is 2. The van der Waals surface area contributed by atoms with Crippen LogP contribution in [0.15, 0.2) is 78.9 Å². The Morgan fingerprint density at radius 3 is 1.46 bits per heavy atom. The van der Waals surface area contributed by atoms with E-state index in [2.05, 4.69) is 98.9 Å². The molecule has 4 rings (SSSR count). The summed E-state index contributed by atoms with van der Waals surface area (Å²) in [6, 6.07) is 28.9. The van der Waals surface area contributed by atoms with Gasteiger partial charge in [0.25, 0.3) is 0 Å². The monoisotopic (exact) mass is 326 g/mol. The molecular formula is C23H22Si. The van der Waals surface area contributed by atoms with Crippen molar-refractivity contribution in [2.75, 3.05) is 0 Å². The van der Waals surface area contributed by atoms with E-state index in [1.54, 1.807) is 5.19 Å². The van der Waals surface area contributed by atoms with Crippen LogP contribution in [0.4, 0.5) is 0 Å². The molecule has 24 heavy (non-hydrogen) atoms. The van der Waals surface area contributed by atoms with Gasteiger partial charge in [-0.25, -0.2) is 0 Å². The summed E-state index contributed by atoms with van der Waals surface area (Å²) in [4.78, 5) is 0. The molecule has 0 aromatic heterocycles. The summed E-state index contributed by atoms with van der Waals surface area (Å²) in [5.74, 6) is 0. The van der Waals surface area contributed by atoms with Crippen molar-refractivity contribution in [1.82, 2.24) is 0 Å². The molecule has 0 radical (unpaired) electrons. The van der Waals surface area contributed by atoms with Crippen molar-refractivity contribution >= 4 is 40.0 Å². The van der Waals surface area contributed by atoms with Crippen LogP contribution < -0.4 is 10.4 Å². The minimum absolute atomic E-state index is 1.39. The molecule has 0 aliphatic carbocycles. The van der Waals surface area contributed by atoms with Crippen LogP contribution in [0.5, 0.6) is 0 Å². The van der Waals surface area contributed by atoms with Crippen LogP contribution in [0.1, 0.15) is 5.56 Å². The molecule has 0 heterocycles. The highest BCUT2D eigenvalue weighted by atomic mass is 28.3. The molecular weight excluding hydrogens is 304 g/mol. The molecule has 0 atom stereocenters. The second-order valence-electron chi connectivity index (χ2n) is 7.08. The van der Waals surface area contributed by atoms with Crippen molar-refractivity contribution in [2.45, 2.75) is 20.0 Å². The first-order chi connectivity index (χ1) is 11.6. The number of hydrogen-bond acceptors (Lipinski definition) is 0. The Balaban J connectivity index is 2.19. The summed E-state index contributed by atoms with van der Waals surface area (Å²) >= 11 is 0. The Kier molecular flexibility index (Phi) is 3.54. The molecule has 0 aliphatic rings. The van der Waals surface area contributed by atoms with Gasteiger partial charge in [-0.3, -0.25) is 0 Å². The van der Waals surface area contributed by atoms with E-state index in [1.807, 2.05) is 0 Å². The number of rotatable bonds is 2. The van der Waals surface area contributed by atoms with Crippen LogP contribution in [0, 0.1) is 6.92 Å². The zero-order chi connectivity index (χ0) is 16.7. The quantitative estimate of drug-likeness (QED) is 0.354. The zero-order valence-electron chi connectivity index (χ0n) is 14.5. The Morgan fingerprint density at radius 1 is 0.542 bits per heavy atom. The lowest BCUT2D eigenvalue weighted by molar-refractivity contribution is 1.58. The third-order valence-electron chi connectivity index (χ3n) is 5.32. The van der Waals surface area contributed by atoms with Crippen LogP contribution in [0.25, 0.3) is 21.5 Å².